The Balaban J connectivity index is 1.55. The van der Waals surface area contributed by atoms with Gasteiger partial charge < -0.3 is 5.32 Å². The second kappa shape index (κ2) is 6.72. The Kier molecular flexibility index (Phi) is 4.89. The molecule has 1 saturated carbocycles. The summed E-state index contributed by atoms with van der Waals surface area (Å²) in [4.78, 5) is 2.69. The minimum atomic E-state index is 0.290. The topological polar surface area (TPSA) is 15.3 Å². The molecule has 0 aromatic heterocycles. The molecule has 0 saturated heterocycles. The normalized spacial score (nSPS) is 28.3. The lowest BCUT2D eigenvalue weighted by Gasteiger charge is -2.40. The molecule has 0 amide bonds. The number of hydrogen-bond acceptors (Lipinski definition) is 2. The van der Waals surface area contributed by atoms with Gasteiger partial charge in [0.2, 0.25) is 0 Å². The van der Waals surface area contributed by atoms with Gasteiger partial charge in [0.1, 0.15) is 0 Å². The van der Waals surface area contributed by atoms with Gasteiger partial charge in [-0.1, -0.05) is 38.1 Å². The van der Waals surface area contributed by atoms with E-state index in [1.165, 1.54) is 50.8 Å². The maximum absolute atomic E-state index is 3.44. The van der Waals surface area contributed by atoms with Gasteiger partial charge in [-0.15, -0.1) is 0 Å². The van der Waals surface area contributed by atoms with Crippen LogP contribution in [-0.2, 0) is 12.0 Å². The van der Waals surface area contributed by atoms with Crippen molar-refractivity contribution in [3.63, 3.8) is 0 Å². The second-order valence-electron chi connectivity index (χ2n) is 8.05. The number of fused-ring (bicyclic) bond motifs is 1. The van der Waals surface area contributed by atoms with Crippen LogP contribution in [0.3, 0.4) is 0 Å². The van der Waals surface area contributed by atoms with Crippen molar-refractivity contribution >= 4 is 0 Å². The van der Waals surface area contributed by atoms with Gasteiger partial charge in [-0.2, -0.15) is 0 Å². The fourth-order valence-corrected chi connectivity index (χ4v) is 4.52. The van der Waals surface area contributed by atoms with Crippen LogP contribution in [0.4, 0.5) is 0 Å². The lowest BCUT2D eigenvalue weighted by Crippen LogP contribution is -2.43. The maximum atomic E-state index is 3.44. The Bertz CT molecular complexity index is 486. The molecule has 0 unspecified atom stereocenters. The molecule has 0 atom stereocenters. The van der Waals surface area contributed by atoms with Crippen molar-refractivity contribution in [2.75, 3.05) is 20.1 Å². The average molecular weight is 300 g/mol. The summed E-state index contributed by atoms with van der Waals surface area (Å²) in [5, 5.41) is 3.44. The Morgan fingerprint density at radius 1 is 1.14 bits per heavy atom. The molecule has 22 heavy (non-hydrogen) atoms. The van der Waals surface area contributed by atoms with Crippen molar-refractivity contribution in [2.24, 2.45) is 5.92 Å². The summed E-state index contributed by atoms with van der Waals surface area (Å²) < 4.78 is 0. The lowest BCUT2D eigenvalue weighted by molar-refractivity contribution is 0.170. The molecule has 1 aromatic rings. The van der Waals surface area contributed by atoms with Crippen molar-refractivity contribution in [1.29, 1.82) is 0 Å². The monoisotopic (exact) mass is 300 g/mol. The highest BCUT2D eigenvalue weighted by atomic mass is 15.1. The molecule has 0 bridgehead atoms. The fraction of sp³-hybridized carbons (Fsp3) is 0.700. The third-order valence-electron chi connectivity index (χ3n) is 5.87. The van der Waals surface area contributed by atoms with Gasteiger partial charge in [0.15, 0.2) is 0 Å². The molecule has 1 aliphatic heterocycles. The summed E-state index contributed by atoms with van der Waals surface area (Å²) in [5.74, 6) is 0.949. The zero-order chi connectivity index (χ0) is 15.6. The number of nitrogens with zero attached hydrogens (tertiary/aromatic N) is 1. The predicted molar refractivity (Wildman–Crippen MR) is 94.2 cm³/mol. The van der Waals surface area contributed by atoms with E-state index in [9.17, 15) is 0 Å². The van der Waals surface area contributed by atoms with Gasteiger partial charge in [0.25, 0.3) is 0 Å². The number of hydrogen-bond donors (Lipinski definition) is 1. The van der Waals surface area contributed by atoms with Crippen LogP contribution < -0.4 is 5.32 Å². The molecule has 1 aromatic carbocycles. The number of rotatable bonds is 4. The van der Waals surface area contributed by atoms with Gasteiger partial charge in [-0.25, -0.2) is 0 Å². The quantitative estimate of drug-likeness (QED) is 0.906. The van der Waals surface area contributed by atoms with E-state index in [2.05, 4.69) is 55.4 Å². The van der Waals surface area contributed by atoms with Crippen LogP contribution in [-0.4, -0.2) is 31.1 Å². The minimum Gasteiger partial charge on any atom is -0.317 e. The first-order chi connectivity index (χ1) is 10.6. The summed E-state index contributed by atoms with van der Waals surface area (Å²) in [6, 6.07) is 9.80. The maximum Gasteiger partial charge on any atom is 0.0237 e. The van der Waals surface area contributed by atoms with Gasteiger partial charge in [-0.3, -0.25) is 4.90 Å². The number of benzene rings is 1. The van der Waals surface area contributed by atoms with Crippen molar-refractivity contribution in [3.8, 4) is 0 Å². The van der Waals surface area contributed by atoms with Crippen LogP contribution in [0.2, 0.25) is 0 Å². The molecule has 0 radical (unpaired) electrons. The molecule has 3 rings (SSSR count). The SMILES string of the molecule is CNC1CCC(CCN2Cc3ccccc3C(C)(C)C2)CC1. The zero-order valence-corrected chi connectivity index (χ0v) is 14.6. The van der Waals surface area contributed by atoms with E-state index in [0.717, 1.165) is 18.5 Å². The third kappa shape index (κ3) is 3.55. The highest BCUT2D eigenvalue weighted by Gasteiger charge is 2.31. The molecule has 1 fully saturated rings. The smallest absolute Gasteiger partial charge is 0.0237 e. The molecular weight excluding hydrogens is 268 g/mol. The molecular formula is C20H32N2. The Morgan fingerprint density at radius 3 is 2.59 bits per heavy atom. The van der Waals surface area contributed by atoms with Crippen molar-refractivity contribution in [1.82, 2.24) is 10.2 Å². The van der Waals surface area contributed by atoms with Crippen molar-refractivity contribution < 1.29 is 0 Å². The lowest BCUT2D eigenvalue weighted by atomic mass is 9.78. The minimum absolute atomic E-state index is 0.290. The largest absolute Gasteiger partial charge is 0.317 e. The summed E-state index contributed by atoms with van der Waals surface area (Å²) in [7, 11) is 2.11. The number of nitrogens with one attached hydrogen (secondary N) is 1. The van der Waals surface area contributed by atoms with E-state index in [0.29, 0.717) is 5.41 Å². The molecule has 2 nitrogen and oxygen atoms in total. The van der Waals surface area contributed by atoms with Gasteiger partial charge in [0, 0.05) is 24.5 Å². The fourth-order valence-electron chi connectivity index (χ4n) is 4.52. The second-order valence-corrected chi connectivity index (χ2v) is 8.05. The van der Waals surface area contributed by atoms with E-state index < -0.39 is 0 Å². The molecule has 1 aliphatic carbocycles. The zero-order valence-electron chi connectivity index (χ0n) is 14.6. The first kappa shape index (κ1) is 16.0. The predicted octanol–water partition coefficient (Wildman–Crippen LogP) is 3.95. The van der Waals surface area contributed by atoms with Crippen LogP contribution in [0.15, 0.2) is 24.3 Å². The summed E-state index contributed by atoms with van der Waals surface area (Å²) in [5.41, 5.74) is 3.39. The Labute approximate surface area is 136 Å². The standard InChI is InChI=1S/C20H32N2/c1-20(2)15-22(14-17-6-4-5-7-19(17)20)13-12-16-8-10-18(21-3)11-9-16/h4-7,16,18,21H,8-15H2,1-3H3. The molecule has 2 heteroatoms. The molecule has 1 N–H and O–H groups in total. The van der Waals surface area contributed by atoms with E-state index in [1.54, 1.807) is 5.56 Å². The van der Waals surface area contributed by atoms with E-state index in [1.807, 2.05) is 0 Å². The Hall–Kier alpha value is -0.860. The van der Waals surface area contributed by atoms with Crippen LogP contribution in [0.1, 0.15) is 57.1 Å². The summed E-state index contributed by atoms with van der Waals surface area (Å²) >= 11 is 0. The average Bonchev–Trinajstić information content (AvgIpc) is 2.53. The van der Waals surface area contributed by atoms with Crippen LogP contribution in [0.25, 0.3) is 0 Å². The van der Waals surface area contributed by atoms with E-state index >= 15 is 0 Å². The van der Waals surface area contributed by atoms with E-state index in [4.69, 9.17) is 0 Å². The first-order valence-electron chi connectivity index (χ1n) is 9.06. The molecule has 122 valence electrons. The van der Waals surface area contributed by atoms with Crippen molar-refractivity contribution in [3.05, 3.63) is 35.4 Å². The van der Waals surface area contributed by atoms with Crippen molar-refractivity contribution in [2.45, 2.75) is 64.0 Å². The molecule has 1 heterocycles. The molecule has 2 aliphatic rings. The highest BCUT2D eigenvalue weighted by molar-refractivity contribution is 5.35. The first-order valence-corrected chi connectivity index (χ1v) is 9.06. The third-order valence-corrected chi connectivity index (χ3v) is 5.87. The van der Waals surface area contributed by atoms with Gasteiger partial charge in [-0.05, 0) is 62.7 Å². The summed E-state index contributed by atoms with van der Waals surface area (Å²) in [6.45, 7) is 8.42. The van der Waals surface area contributed by atoms with Crippen LogP contribution in [0, 0.1) is 5.92 Å². The summed E-state index contributed by atoms with van der Waals surface area (Å²) in [6.07, 6.45) is 6.96. The van der Waals surface area contributed by atoms with Gasteiger partial charge >= 0.3 is 0 Å². The van der Waals surface area contributed by atoms with Crippen LogP contribution >= 0.6 is 0 Å². The highest BCUT2D eigenvalue weighted by Crippen LogP contribution is 2.34. The van der Waals surface area contributed by atoms with Crippen LogP contribution in [0.5, 0.6) is 0 Å². The van der Waals surface area contributed by atoms with Gasteiger partial charge in [0.05, 0.1) is 0 Å². The molecule has 0 spiro atoms. The Morgan fingerprint density at radius 2 is 1.86 bits per heavy atom. The van der Waals surface area contributed by atoms with E-state index in [-0.39, 0.29) is 0 Å².